The van der Waals surface area contributed by atoms with Gasteiger partial charge >= 0.3 is 0 Å². The van der Waals surface area contributed by atoms with E-state index in [1.165, 1.54) is 0 Å². The zero-order valence-corrected chi connectivity index (χ0v) is 10.8. The molecule has 0 radical (unpaired) electrons. The van der Waals surface area contributed by atoms with Crippen molar-refractivity contribution in [2.45, 2.75) is 0 Å². The van der Waals surface area contributed by atoms with Gasteiger partial charge < -0.3 is 10.4 Å². The first kappa shape index (κ1) is 13.8. The summed E-state index contributed by atoms with van der Waals surface area (Å²) in [5.41, 5.74) is -0.156. The quantitative estimate of drug-likeness (QED) is 0.671. The lowest BCUT2D eigenvalue weighted by atomic mass is 10.1. The number of nitro groups is 1. The van der Waals surface area contributed by atoms with E-state index in [4.69, 9.17) is 11.6 Å². The first-order valence-electron chi connectivity index (χ1n) is 5.51. The first-order chi connectivity index (χ1) is 9.47. The van der Waals surface area contributed by atoms with Gasteiger partial charge in [-0.15, -0.1) is 0 Å². The molecule has 0 fully saturated rings. The third-order valence-electron chi connectivity index (χ3n) is 2.52. The molecule has 0 aliphatic carbocycles. The van der Waals surface area contributed by atoms with Crippen LogP contribution in [0.5, 0.6) is 5.75 Å². The Kier molecular flexibility index (Phi) is 3.86. The average Bonchev–Trinajstić information content (AvgIpc) is 2.41. The molecule has 0 heterocycles. The van der Waals surface area contributed by atoms with E-state index in [0.717, 1.165) is 18.2 Å². The van der Waals surface area contributed by atoms with E-state index in [1.54, 1.807) is 24.3 Å². The number of nitro benzene ring substituents is 1. The molecule has 2 rings (SSSR count). The van der Waals surface area contributed by atoms with Crippen molar-refractivity contribution < 1.29 is 14.8 Å². The van der Waals surface area contributed by atoms with Crippen molar-refractivity contribution in [1.29, 1.82) is 0 Å². The number of hydrogen-bond acceptors (Lipinski definition) is 4. The fourth-order valence-electron chi connectivity index (χ4n) is 1.60. The van der Waals surface area contributed by atoms with Gasteiger partial charge in [0.2, 0.25) is 0 Å². The molecule has 2 N–H and O–H groups in total. The van der Waals surface area contributed by atoms with E-state index in [0.29, 0.717) is 10.7 Å². The molecular weight excluding hydrogens is 284 g/mol. The van der Waals surface area contributed by atoms with E-state index in [2.05, 4.69) is 5.32 Å². The van der Waals surface area contributed by atoms with Gasteiger partial charge in [0.1, 0.15) is 11.3 Å². The maximum atomic E-state index is 12.0. The molecule has 0 spiro atoms. The number of nitrogens with zero attached hydrogens (tertiary/aromatic N) is 1. The highest BCUT2D eigenvalue weighted by Crippen LogP contribution is 2.24. The minimum Gasteiger partial charge on any atom is -0.508 e. The summed E-state index contributed by atoms with van der Waals surface area (Å²) >= 11 is 5.72. The Bertz CT molecular complexity index is 671. The van der Waals surface area contributed by atoms with Gasteiger partial charge in [0.15, 0.2) is 0 Å². The van der Waals surface area contributed by atoms with Crippen LogP contribution in [0, 0.1) is 10.1 Å². The first-order valence-corrected chi connectivity index (χ1v) is 5.89. The Balaban J connectivity index is 2.31. The standard InChI is InChI=1S/C13H9ClN2O4/c14-8-1-3-9(4-2-8)15-13(18)11-7-10(17)5-6-12(11)16(19)20/h1-7,17H,(H,15,18). The number of hydrogen-bond donors (Lipinski definition) is 2. The summed E-state index contributed by atoms with van der Waals surface area (Å²) in [5.74, 6) is -0.910. The Hall–Kier alpha value is -2.60. The van der Waals surface area contributed by atoms with Crippen LogP contribution in [0.4, 0.5) is 11.4 Å². The van der Waals surface area contributed by atoms with Gasteiger partial charge in [0.25, 0.3) is 11.6 Å². The second kappa shape index (κ2) is 5.58. The summed E-state index contributed by atoms with van der Waals surface area (Å²) in [5, 5.41) is 23.2. The lowest BCUT2D eigenvalue weighted by Crippen LogP contribution is -2.13. The van der Waals surface area contributed by atoms with Crippen LogP contribution in [0.2, 0.25) is 5.02 Å². The van der Waals surface area contributed by atoms with E-state index >= 15 is 0 Å². The fourth-order valence-corrected chi connectivity index (χ4v) is 1.72. The predicted octanol–water partition coefficient (Wildman–Crippen LogP) is 3.21. The summed E-state index contributed by atoms with van der Waals surface area (Å²) in [6.07, 6.45) is 0. The Labute approximate surface area is 118 Å². The molecule has 0 saturated heterocycles. The Morgan fingerprint density at radius 2 is 1.85 bits per heavy atom. The molecule has 0 aliphatic rings. The van der Waals surface area contributed by atoms with Crippen LogP contribution in [0.3, 0.4) is 0 Å². The number of halogens is 1. The average molecular weight is 293 g/mol. The van der Waals surface area contributed by atoms with Crippen molar-refractivity contribution in [2.24, 2.45) is 0 Å². The Morgan fingerprint density at radius 1 is 1.20 bits per heavy atom. The number of benzene rings is 2. The molecule has 102 valence electrons. The number of phenols is 1. The van der Waals surface area contributed by atoms with Gasteiger partial charge in [0.05, 0.1) is 4.92 Å². The zero-order valence-electron chi connectivity index (χ0n) is 10.0. The molecule has 1 amide bonds. The topological polar surface area (TPSA) is 92.5 Å². The maximum Gasteiger partial charge on any atom is 0.282 e. The second-order valence-electron chi connectivity index (χ2n) is 3.92. The monoisotopic (exact) mass is 292 g/mol. The molecule has 0 aromatic heterocycles. The maximum absolute atomic E-state index is 12.0. The zero-order chi connectivity index (χ0) is 14.7. The van der Waals surface area contributed by atoms with Crippen molar-refractivity contribution >= 4 is 28.9 Å². The highest BCUT2D eigenvalue weighted by Gasteiger charge is 2.20. The van der Waals surface area contributed by atoms with Crippen molar-refractivity contribution in [1.82, 2.24) is 0 Å². The minimum absolute atomic E-state index is 0.218. The molecule has 6 nitrogen and oxygen atoms in total. The van der Waals surface area contributed by atoms with Crippen LogP contribution in [-0.4, -0.2) is 15.9 Å². The van der Waals surface area contributed by atoms with Crippen molar-refractivity contribution in [2.75, 3.05) is 5.32 Å². The number of carbonyl (C=O) groups is 1. The highest BCUT2D eigenvalue weighted by atomic mass is 35.5. The molecule has 0 bridgehead atoms. The second-order valence-corrected chi connectivity index (χ2v) is 4.36. The van der Waals surface area contributed by atoms with Crippen LogP contribution in [-0.2, 0) is 0 Å². The van der Waals surface area contributed by atoms with Gasteiger partial charge in [-0.2, -0.15) is 0 Å². The molecule has 0 unspecified atom stereocenters. The number of anilines is 1. The number of aromatic hydroxyl groups is 1. The normalized spacial score (nSPS) is 10.1. The number of rotatable bonds is 3. The predicted molar refractivity (Wildman–Crippen MR) is 74.2 cm³/mol. The summed E-state index contributed by atoms with van der Waals surface area (Å²) in [6.45, 7) is 0. The summed E-state index contributed by atoms with van der Waals surface area (Å²) in [4.78, 5) is 22.2. The van der Waals surface area contributed by atoms with Crippen molar-refractivity contribution in [3.05, 3.63) is 63.2 Å². The minimum atomic E-state index is -0.685. The highest BCUT2D eigenvalue weighted by molar-refractivity contribution is 6.30. The third kappa shape index (κ3) is 3.04. The smallest absolute Gasteiger partial charge is 0.282 e. The summed E-state index contributed by atoms with van der Waals surface area (Å²) in [7, 11) is 0. The molecule has 7 heteroatoms. The van der Waals surface area contributed by atoms with E-state index in [-0.39, 0.29) is 17.0 Å². The summed E-state index contributed by atoms with van der Waals surface area (Å²) in [6, 6.07) is 9.55. The van der Waals surface area contributed by atoms with Gasteiger partial charge in [-0.25, -0.2) is 0 Å². The number of carbonyl (C=O) groups excluding carboxylic acids is 1. The third-order valence-corrected chi connectivity index (χ3v) is 2.78. The SMILES string of the molecule is O=C(Nc1ccc(Cl)cc1)c1cc(O)ccc1[N+](=O)[O-]. The molecule has 0 atom stereocenters. The Morgan fingerprint density at radius 3 is 2.45 bits per heavy atom. The molecule has 2 aromatic carbocycles. The molecule has 20 heavy (non-hydrogen) atoms. The van der Waals surface area contributed by atoms with Gasteiger partial charge in [0, 0.05) is 16.8 Å². The van der Waals surface area contributed by atoms with E-state index < -0.39 is 10.8 Å². The molecule has 2 aromatic rings. The lowest BCUT2D eigenvalue weighted by Gasteiger charge is -2.06. The van der Waals surface area contributed by atoms with Crippen LogP contribution < -0.4 is 5.32 Å². The van der Waals surface area contributed by atoms with Crippen molar-refractivity contribution in [3.8, 4) is 5.75 Å². The number of amides is 1. The van der Waals surface area contributed by atoms with Gasteiger partial charge in [-0.3, -0.25) is 14.9 Å². The van der Waals surface area contributed by atoms with Crippen LogP contribution in [0.15, 0.2) is 42.5 Å². The van der Waals surface area contributed by atoms with Crippen molar-refractivity contribution in [3.63, 3.8) is 0 Å². The summed E-state index contributed by atoms with van der Waals surface area (Å²) < 4.78 is 0. The van der Waals surface area contributed by atoms with Gasteiger partial charge in [-0.05, 0) is 36.4 Å². The molecule has 0 saturated carbocycles. The van der Waals surface area contributed by atoms with Crippen LogP contribution in [0.25, 0.3) is 0 Å². The van der Waals surface area contributed by atoms with E-state index in [9.17, 15) is 20.0 Å². The van der Waals surface area contributed by atoms with Gasteiger partial charge in [-0.1, -0.05) is 11.6 Å². The lowest BCUT2D eigenvalue weighted by molar-refractivity contribution is -0.385. The van der Waals surface area contributed by atoms with E-state index in [1.807, 2.05) is 0 Å². The molecule has 0 aliphatic heterocycles. The largest absolute Gasteiger partial charge is 0.508 e. The number of phenolic OH excluding ortho intramolecular Hbond substituents is 1. The number of nitrogens with one attached hydrogen (secondary N) is 1. The molecular formula is C13H9ClN2O4. The van der Waals surface area contributed by atoms with Crippen LogP contribution >= 0.6 is 11.6 Å². The van der Waals surface area contributed by atoms with Crippen LogP contribution in [0.1, 0.15) is 10.4 Å². The fraction of sp³-hybridized carbons (Fsp3) is 0.